The van der Waals surface area contributed by atoms with Gasteiger partial charge in [-0.1, -0.05) is 11.3 Å². The van der Waals surface area contributed by atoms with Crippen molar-refractivity contribution in [1.82, 2.24) is 15.5 Å². The Morgan fingerprint density at radius 3 is 2.40 bits per heavy atom. The lowest BCUT2D eigenvalue weighted by Crippen LogP contribution is -2.41. The van der Waals surface area contributed by atoms with Gasteiger partial charge in [0.05, 0.1) is 5.92 Å². The molecular formula is C11H15F3N4OS. The molecule has 2 rings (SSSR count). The average Bonchev–Trinajstić information content (AvgIpc) is 2.74. The van der Waals surface area contributed by atoms with E-state index >= 15 is 0 Å². The van der Waals surface area contributed by atoms with Crippen molar-refractivity contribution in [2.45, 2.75) is 44.8 Å². The maximum absolute atomic E-state index is 12.5. The number of alkyl halides is 3. The molecule has 1 saturated carbocycles. The lowest BCUT2D eigenvalue weighted by atomic mass is 9.86. The average molecular weight is 308 g/mol. The van der Waals surface area contributed by atoms with Crippen LogP contribution in [0.1, 0.15) is 30.7 Å². The van der Waals surface area contributed by atoms with Crippen molar-refractivity contribution < 1.29 is 18.0 Å². The summed E-state index contributed by atoms with van der Waals surface area (Å²) in [7, 11) is 0. The summed E-state index contributed by atoms with van der Waals surface area (Å²) < 4.78 is 37.5. The van der Waals surface area contributed by atoms with Crippen LogP contribution in [0.2, 0.25) is 0 Å². The van der Waals surface area contributed by atoms with Crippen molar-refractivity contribution in [2.75, 3.05) is 5.32 Å². The number of nitrogens with zero attached hydrogens (tertiary/aromatic N) is 2. The normalized spacial score (nSPS) is 23.4. The van der Waals surface area contributed by atoms with Crippen LogP contribution in [0.3, 0.4) is 0 Å². The van der Waals surface area contributed by atoms with Crippen LogP contribution in [0.4, 0.5) is 23.1 Å². The van der Waals surface area contributed by atoms with Crippen LogP contribution in [-0.2, 0) is 0 Å². The van der Waals surface area contributed by atoms with Gasteiger partial charge in [0, 0.05) is 6.04 Å². The van der Waals surface area contributed by atoms with Crippen LogP contribution in [-0.4, -0.2) is 28.4 Å². The molecule has 0 aromatic carbocycles. The highest BCUT2D eigenvalue weighted by atomic mass is 32.1. The van der Waals surface area contributed by atoms with Crippen LogP contribution < -0.4 is 10.6 Å². The number of halogens is 3. The van der Waals surface area contributed by atoms with Crippen LogP contribution in [0.15, 0.2) is 0 Å². The number of nitrogens with one attached hydrogen (secondary N) is 2. The van der Waals surface area contributed by atoms with Gasteiger partial charge in [-0.25, -0.2) is 4.79 Å². The van der Waals surface area contributed by atoms with E-state index in [4.69, 9.17) is 0 Å². The van der Waals surface area contributed by atoms with Gasteiger partial charge in [0.25, 0.3) is 0 Å². The zero-order valence-corrected chi connectivity index (χ0v) is 11.6. The van der Waals surface area contributed by atoms with Gasteiger partial charge in [0.15, 0.2) is 0 Å². The van der Waals surface area contributed by atoms with E-state index < -0.39 is 18.1 Å². The van der Waals surface area contributed by atoms with E-state index in [0.717, 1.165) is 5.01 Å². The lowest BCUT2D eigenvalue weighted by molar-refractivity contribution is -0.182. The van der Waals surface area contributed by atoms with Gasteiger partial charge in [0.1, 0.15) is 5.01 Å². The van der Waals surface area contributed by atoms with E-state index in [9.17, 15) is 18.0 Å². The Hall–Kier alpha value is -1.38. The van der Waals surface area contributed by atoms with Crippen molar-refractivity contribution in [3.63, 3.8) is 0 Å². The fourth-order valence-corrected chi connectivity index (χ4v) is 2.82. The molecule has 1 heterocycles. The summed E-state index contributed by atoms with van der Waals surface area (Å²) in [4.78, 5) is 11.7. The first-order valence-electron chi connectivity index (χ1n) is 6.29. The molecule has 0 saturated heterocycles. The molecule has 0 unspecified atom stereocenters. The number of carbonyl (C=O) groups is 1. The Bertz CT molecular complexity index is 468. The second kappa shape index (κ2) is 5.94. The van der Waals surface area contributed by atoms with Gasteiger partial charge in [-0.2, -0.15) is 13.2 Å². The first kappa shape index (κ1) is 15.0. The molecular weight excluding hydrogens is 293 g/mol. The molecule has 2 amide bonds. The fraction of sp³-hybridized carbons (Fsp3) is 0.727. The third-order valence-electron chi connectivity index (χ3n) is 3.27. The molecule has 0 bridgehead atoms. The highest BCUT2D eigenvalue weighted by molar-refractivity contribution is 7.15. The summed E-state index contributed by atoms with van der Waals surface area (Å²) in [5.74, 6) is -1.24. The van der Waals surface area contributed by atoms with Gasteiger partial charge in [-0.05, 0) is 32.6 Å². The van der Waals surface area contributed by atoms with Crippen LogP contribution in [0.5, 0.6) is 0 Å². The van der Waals surface area contributed by atoms with E-state index in [1.807, 2.05) is 0 Å². The minimum Gasteiger partial charge on any atom is -0.335 e. The summed E-state index contributed by atoms with van der Waals surface area (Å²) in [6, 6.07) is -0.667. The number of urea groups is 1. The van der Waals surface area contributed by atoms with Crippen molar-refractivity contribution in [3.05, 3.63) is 5.01 Å². The van der Waals surface area contributed by atoms with Gasteiger partial charge < -0.3 is 5.32 Å². The minimum atomic E-state index is -4.13. The van der Waals surface area contributed by atoms with E-state index in [1.165, 1.54) is 11.3 Å². The zero-order chi connectivity index (χ0) is 14.8. The lowest BCUT2D eigenvalue weighted by Gasteiger charge is -2.30. The van der Waals surface area contributed by atoms with E-state index in [1.54, 1.807) is 6.92 Å². The summed E-state index contributed by atoms with van der Waals surface area (Å²) in [5, 5.41) is 13.8. The number of hydrogen-bond acceptors (Lipinski definition) is 4. The highest BCUT2D eigenvalue weighted by Gasteiger charge is 2.41. The standard InChI is InChI=1S/C11H15F3N4OS/c1-6-17-18-10(20-6)16-9(19)15-8-4-2-7(3-5-8)11(12,13)14/h7-8H,2-5H2,1H3,(H2,15,16,18,19). The highest BCUT2D eigenvalue weighted by Crippen LogP contribution is 2.37. The van der Waals surface area contributed by atoms with Crippen molar-refractivity contribution in [1.29, 1.82) is 0 Å². The number of amides is 2. The predicted molar refractivity (Wildman–Crippen MR) is 68.6 cm³/mol. The van der Waals surface area contributed by atoms with E-state index in [2.05, 4.69) is 20.8 Å². The minimum absolute atomic E-state index is 0.0619. The summed E-state index contributed by atoms with van der Waals surface area (Å²) >= 11 is 1.24. The maximum Gasteiger partial charge on any atom is 0.391 e. The molecule has 2 N–H and O–H groups in total. The first-order valence-corrected chi connectivity index (χ1v) is 7.10. The number of carbonyl (C=O) groups excluding carboxylic acids is 1. The molecule has 0 spiro atoms. The Kier molecular flexibility index (Phi) is 4.46. The Labute approximate surface area is 118 Å². The Morgan fingerprint density at radius 2 is 1.90 bits per heavy atom. The van der Waals surface area contributed by atoms with Crippen LogP contribution >= 0.6 is 11.3 Å². The summed E-state index contributed by atoms with van der Waals surface area (Å²) in [5.41, 5.74) is 0. The third kappa shape index (κ3) is 4.06. The second-order valence-corrected chi connectivity index (χ2v) is 6.00. The molecule has 112 valence electrons. The maximum atomic E-state index is 12.5. The van der Waals surface area contributed by atoms with Gasteiger partial charge in [-0.3, -0.25) is 5.32 Å². The number of aryl methyl sites for hydroxylation is 1. The summed E-state index contributed by atoms with van der Waals surface area (Å²) in [6.45, 7) is 1.76. The molecule has 0 aliphatic heterocycles. The van der Waals surface area contributed by atoms with Gasteiger partial charge in [-0.15, -0.1) is 10.2 Å². The number of hydrogen-bond donors (Lipinski definition) is 2. The van der Waals surface area contributed by atoms with Crippen molar-refractivity contribution in [2.24, 2.45) is 5.92 Å². The monoisotopic (exact) mass is 308 g/mol. The second-order valence-electron chi connectivity index (χ2n) is 4.81. The Morgan fingerprint density at radius 1 is 1.25 bits per heavy atom. The SMILES string of the molecule is Cc1nnc(NC(=O)NC2CCC(C(F)(F)F)CC2)s1. The molecule has 1 fully saturated rings. The quantitative estimate of drug-likeness (QED) is 0.882. The van der Waals surface area contributed by atoms with E-state index in [0.29, 0.717) is 18.0 Å². The van der Waals surface area contributed by atoms with Crippen LogP contribution in [0, 0.1) is 12.8 Å². The number of aromatic nitrogens is 2. The summed E-state index contributed by atoms with van der Waals surface area (Å²) in [6.07, 6.45) is -3.32. The number of anilines is 1. The van der Waals surface area contributed by atoms with Crippen molar-refractivity contribution >= 4 is 22.5 Å². The van der Waals surface area contributed by atoms with Crippen molar-refractivity contribution in [3.8, 4) is 0 Å². The third-order valence-corrected chi connectivity index (χ3v) is 4.03. The largest absolute Gasteiger partial charge is 0.391 e. The topological polar surface area (TPSA) is 66.9 Å². The number of rotatable bonds is 2. The molecule has 1 aliphatic rings. The first-order chi connectivity index (χ1) is 9.34. The smallest absolute Gasteiger partial charge is 0.335 e. The van der Waals surface area contributed by atoms with Crippen LogP contribution in [0.25, 0.3) is 0 Å². The zero-order valence-electron chi connectivity index (χ0n) is 10.8. The van der Waals surface area contributed by atoms with Gasteiger partial charge in [0.2, 0.25) is 5.13 Å². The Balaban J connectivity index is 1.76. The molecule has 0 atom stereocenters. The fourth-order valence-electron chi connectivity index (χ4n) is 2.23. The molecule has 0 radical (unpaired) electrons. The molecule has 9 heteroatoms. The molecule has 1 aliphatic carbocycles. The molecule has 1 aromatic rings. The van der Waals surface area contributed by atoms with Gasteiger partial charge >= 0.3 is 12.2 Å². The molecule has 20 heavy (non-hydrogen) atoms. The molecule has 1 aromatic heterocycles. The molecule has 5 nitrogen and oxygen atoms in total. The van der Waals surface area contributed by atoms with E-state index in [-0.39, 0.29) is 18.9 Å². The predicted octanol–water partition coefficient (Wildman–Crippen LogP) is 3.09.